The van der Waals surface area contributed by atoms with Crippen LogP contribution < -0.4 is 15.5 Å². The van der Waals surface area contributed by atoms with Gasteiger partial charge in [-0.2, -0.15) is 0 Å². The summed E-state index contributed by atoms with van der Waals surface area (Å²) in [6.07, 6.45) is 2.84. The zero-order valence-electron chi connectivity index (χ0n) is 27.1. The molecule has 2 aliphatic heterocycles. The predicted molar refractivity (Wildman–Crippen MR) is 182 cm³/mol. The number of amides is 3. The van der Waals surface area contributed by atoms with E-state index in [1.165, 1.54) is 0 Å². The molecule has 244 valence electrons. The van der Waals surface area contributed by atoms with Gasteiger partial charge >= 0.3 is 6.09 Å². The minimum Gasteiger partial charge on any atom is -0.446 e. The van der Waals surface area contributed by atoms with Gasteiger partial charge in [-0.3, -0.25) is 24.7 Å². The van der Waals surface area contributed by atoms with Crippen molar-refractivity contribution in [1.29, 1.82) is 0 Å². The Morgan fingerprint density at radius 2 is 1.41 bits per heavy atom. The summed E-state index contributed by atoms with van der Waals surface area (Å²) in [5.41, 5.74) is 3.59. The first-order chi connectivity index (χ1) is 22.4. The Labute approximate surface area is 272 Å². The molecule has 46 heavy (non-hydrogen) atoms. The molecule has 2 heterocycles. The van der Waals surface area contributed by atoms with Crippen LogP contribution in [0, 0.1) is 5.92 Å². The second-order valence-electron chi connectivity index (χ2n) is 12.6. The van der Waals surface area contributed by atoms with E-state index in [9.17, 15) is 14.4 Å². The van der Waals surface area contributed by atoms with Gasteiger partial charge in [0.1, 0.15) is 6.10 Å². The van der Waals surface area contributed by atoms with Gasteiger partial charge in [0.25, 0.3) is 0 Å². The summed E-state index contributed by atoms with van der Waals surface area (Å²) in [7, 11) is 0. The van der Waals surface area contributed by atoms with Gasteiger partial charge in [-0.1, -0.05) is 66.7 Å². The number of nitrogens with zero attached hydrogens (tertiary/aromatic N) is 3. The number of para-hydroxylation sites is 2. The van der Waals surface area contributed by atoms with Crippen LogP contribution in [0.4, 0.5) is 16.2 Å². The minimum absolute atomic E-state index is 0.0302. The normalized spacial score (nSPS) is 16.6. The van der Waals surface area contributed by atoms with Crippen molar-refractivity contribution in [2.75, 3.05) is 49.6 Å². The summed E-state index contributed by atoms with van der Waals surface area (Å²) in [4.78, 5) is 45.3. The summed E-state index contributed by atoms with van der Waals surface area (Å²) in [5, 5.41) is 5.97. The standard InChI is InChI=1S/C37H47N5O4/c1-28(2)38-36(44)30-17-22-41(23-18-30)27-42(31-13-7-4-8-14-31)35(43)21-26-40-24-19-32(20-25-40)46-37(45)39-34-16-10-9-15-33(34)29-11-5-3-6-12-29/h3-16,28,30,32H,17-27H2,1-2H3,(H,38,44)(H,39,45). The molecule has 0 atom stereocenters. The van der Waals surface area contributed by atoms with Crippen LogP contribution >= 0.6 is 0 Å². The van der Waals surface area contributed by atoms with Gasteiger partial charge in [-0.05, 0) is 63.3 Å². The third kappa shape index (κ3) is 9.40. The van der Waals surface area contributed by atoms with Crippen LogP contribution in [-0.4, -0.2) is 79.2 Å². The first-order valence-corrected chi connectivity index (χ1v) is 16.6. The highest BCUT2D eigenvalue weighted by atomic mass is 16.6. The highest BCUT2D eigenvalue weighted by molar-refractivity contribution is 5.93. The fraction of sp³-hybridized carbons (Fsp3) is 0.432. The Hall–Kier alpha value is -4.21. The molecule has 5 rings (SSSR count). The lowest BCUT2D eigenvalue weighted by Crippen LogP contribution is -2.48. The summed E-state index contributed by atoms with van der Waals surface area (Å²) in [6.45, 7) is 8.24. The molecule has 3 amide bonds. The average molecular weight is 626 g/mol. The molecule has 0 bridgehead atoms. The van der Waals surface area contributed by atoms with Gasteiger partial charge in [-0.25, -0.2) is 4.79 Å². The largest absolute Gasteiger partial charge is 0.446 e. The van der Waals surface area contributed by atoms with E-state index in [0.29, 0.717) is 19.6 Å². The Morgan fingerprint density at radius 1 is 0.804 bits per heavy atom. The molecule has 9 heteroatoms. The topological polar surface area (TPSA) is 94.2 Å². The van der Waals surface area contributed by atoms with E-state index in [1.54, 1.807) is 0 Å². The number of carbonyl (C=O) groups is 3. The molecule has 2 aliphatic rings. The van der Waals surface area contributed by atoms with Crippen LogP contribution in [0.25, 0.3) is 11.1 Å². The van der Waals surface area contributed by atoms with Crippen molar-refractivity contribution in [3.63, 3.8) is 0 Å². The van der Waals surface area contributed by atoms with Crippen molar-refractivity contribution in [3.05, 3.63) is 84.9 Å². The quantitative estimate of drug-likeness (QED) is 0.272. The Morgan fingerprint density at radius 3 is 2.09 bits per heavy atom. The molecule has 0 spiro atoms. The third-order valence-corrected chi connectivity index (χ3v) is 8.80. The second kappa shape index (κ2) is 16.4. The number of carbonyl (C=O) groups excluding carboxylic acids is 3. The van der Waals surface area contributed by atoms with Crippen LogP contribution in [0.15, 0.2) is 84.9 Å². The number of likely N-dealkylation sites (tertiary alicyclic amines) is 2. The maximum atomic E-state index is 13.6. The van der Waals surface area contributed by atoms with Gasteiger partial charge in [0.2, 0.25) is 11.8 Å². The SMILES string of the molecule is CC(C)NC(=O)C1CCN(CN(C(=O)CCN2CCC(OC(=O)Nc3ccccc3-c3ccccc3)CC2)c2ccccc2)CC1. The highest BCUT2D eigenvalue weighted by Crippen LogP contribution is 2.28. The summed E-state index contributed by atoms with van der Waals surface area (Å²) in [5.74, 6) is 0.247. The number of hydrogen-bond acceptors (Lipinski definition) is 6. The summed E-state index contributed by atoms with van der Waals surface area (Å²) >= 11 is 0. The lowest BCUT2D eigenvalue weighted by Gasteiger charge is -2.36. The fourth-order valence-corrected chi connectivity index (χ4v) is 6.24. The number of piperidine rings is 2. The van der Waals surface area contributed by atoms with E-state index in [0.717, 1.165) is 74.4 Å². The van der Waals surface area contributed by atoms with Crippen molar-refractivity contribution in [2.24, 2.45) is 5.92 Å². The molecule has 9 nitrogen and oxygen atoms in total. The lowest BCUT2D eigenvalue weighted by atomic mass is 9.96. The third-order valence-electron chi connectivity index (χ3n) is 8.80. The molecular weight excluding hydrogens is 578 g/mol. The number of nitrogens with one attached hydrogen (secondary N) is 2. The predicted octanol–water partition coefficient (Wildman–Crippen LogP) is 5.98. The maximum absolute atomic E-state index is 13.6. The van der Waals surface area contributed by atoms with Crippen LogP contribution in [0.1, 0.15) is 46.0 Å². The molecule has 0 saturated carbocycles. The van der Waals surface area contributed by atoms with Crippen molar-refractivity contribution < 1.29 is 19.1 Å². The van der Waals surface area contributed by atoms with Crippen LogP contribution in [0.5, 0.6) is 0 Å². The van der Waals surface area contributed by atoms with Gasteiger partial charge in [0, 0.05) is 62.4 Å². The molecule has 2 N–H and O–H groups in total. The molecule has 2 saturated heterocycles. The van der Waals surface area contributed by atoms with E-state index >= 15 is 0 Å². The van der Waals surface area contributed by atoms with Crippen molar-refractivity contribution in [3.8, 4) is 11.1 Å². The zero-order chi connectivity index (χ0) is 32.3. The van der Waals surface area contributed by atoms with Crippen LogP contribution in [0.2, 0.25) is 0 Å². The number of ether oxygens (including phenoxy) is 1. The summed E-state index contributed by atoms with van der Waals surface area (Å²) in [6, 6.07) is 27.7. The van der Waals surface area contributed by atoms with E-state index in [-0.39, 0.29) is 29.9 Å². The number of benzene rings is 3. The molecular formula is C37H47N5O4. The smallest absolute Gasteiger partial charge is 0.411 e. The van der Waals surface area contributed by atoms with Gasteiger partial charge in [0.05, 0.1) is 12.4 Å². The molecule has 2 fully saturated rings. The van der Waals surface area contributed by atoms with Crippen molar-refractivity contribution in [1.82, 2.24) is 15.1 Å². The highest BCUT2D eigenvalue weighted by Gasteiger charge is 2.28. The monoisotopic (exact) mass is 625 g/mol. The zero-order valence-corrected chi connectivity index (χ0v) is 27.1. The van der Waals surface area contributed by atoms with Gasteiger partial charge in [0.15, 0.2) is 0 Å². The first-order valence-electron chi connectivity index (χ1n) is 16.6. The number of rotatable bonds is 11. The average Bonchev–Trinajstić information content (AvgIpc) is 3.07. The summed E-state index contributed by atoms with van der Waals surface area (Å²) < 4.78 is 5.80. The number of hydrogen-bond donors (Lipinski definition) is 2. The van der Waals surface area contributed by atoms with E-state index in [4.69, 9.17) is 4.74 Å². The molecule has 3 aromatic rings. The van der Waals surface area contributed by atoms with Crippen molar-refractivity contribution >= 4 is 29.3 Å². The first kappa shape index (κ1) is 33.2. The maximum Gasteiger partial charge on any atom is 0.411 e. The molecule has 3 aromatic carbocycles. The second-order valence-corrected chi connectivity index (χ2v) is 12.6. The Bertz CT molecular complexity index is 1420. The van der Waals surface area contributed by atoms with Gasteiger partial charge < -0.3 is 15.0 Å². The van der Waals surface area contributed by atoms with Gasteiger partial charge in [-0.15, -0.1) is 0 Å². The lowest BCUT2D eigenvalue weighted by molar-refractivity contribution is -0.127. The van der Waals surface area contributed by atoms with E-state index < -0.39 is 6.09 Å². The Kier molecular flexibility index (Phi) is 11.8. The van der Waals surface area contributed by atoms with Crippen molar-refractivity contribution in [2.45, 2.75) is 58.1 Å². The van der Waals surface area contributed by atoms with Crippen LogP contribution in [-0.2, 0) is 14.3 Å². The van der Waals surface area contributed by atoms with E-state index in [2.05, 4.69) is 20.4 Å². The van der Waals surface area contributed by atoms with Crippen LogP contribution in [0.3, 0.4) is 0 Å². The molecule has 0 aromatic heterocycles. The Balaban J connectivity index is 1.08. The molecule has 0 radical (unpaired) electrons. The minimum atomic E-state index is -0.444. The van der Waals surface area contributed by atoms with E-state index in [1.807, 2.05) is 104 Å². The molecule has 0 aliphatic carbocycles. The molecule has 0 unspecified atom stereocenters. The number of anilines is 2. The fourth-order valence-electron chi connectivity index (χ4n) is 6.24.